The first kappa shape index (κ1) is 15.1. The van der Waals surface area contributed by atoms with E-state index in [2.05, 4.69) is 27.6 Å². The summed E-state index contributed by atoms with van der Waals surface area (Å²) in [6, 6.07) is 4.08. The lowest BCUT2D eigenvalue weighted by atomic mass is 9.96. The molecule has 2 aromatic heterocycles. The highest BCUT2D eigenvalue weighted by Gasteiger charge is 2.24. The van der Waals surface area contributed by atoms with Crippen molar-refractivity contribution in [3.63, 3.8) is 0 Å². The smallest absolute Gasteiger partial charge is 0.159 e. The van der Waals surface area contributed by atoms with Crippen LogP contribution in [-0.2, 0) is 17.7 Å². The third-order valence-corrected chi connectivity index (χ3v) is 5.32. The summed E-state index contributed by atoms with van der Waals surface area (Å²) in [5, 5.41) is 0. The molecule has 0 radical (unpaired) electrons. The van der Waals surface area contributed by atoms with Crippen molar-refractivity contribution in [3.8, 4) is 0 Å². The van der Waals surface area contributed by atoms with E-state index in [4.69, 9.17) is 9.72 Å². The summed E-state index contributed by atoms with van der Waals surface area (Å²) < 4.78 is 7.90. The van der Waals surface area contributed by atoms with Crippen LogP contribution >= 0.6 is 0 Å². The third kappa shape index (κ3) is 3.26. The molecule has 1 unspecified atom stereocenters. The molecular formula is C18H26N4O. The Balaban J connectivity index is 1.61. The maximum atomic E-state index is 5.50. The predicted molar refractivity (Wildman–Crippen MR) is 90.4 cm³/mol. The van der Waals surface area contributed by atoms with E-state index in [1.54, 1.807) is 0 Å². The van der Waals surface area contributed by atoms with Crippen molar-refractivity contribution in [1.82, 2.24) is 19.4 Å². The van der Waals surface area contributed by atoms with Gasteiger partial charge in [-0.05, 0) is 56.8 Å². The molecule has 0 amide bonds. The minimum atomic E-state index is 0.700. The standard InChI is InChI=1S/C18H26N4O/c1-21-8-4-15(12-21)13-22-17(11-14-5-9-23-10-6-14)20-16-3-2-7-19-18(16)22/h2-3,7,14-15H,4-6,8-13H2,1H3. The minimum Gasteiger partial charge on any atom is -0.381 e. The molecule has 2 aromatic rings. The number of likely N-dealkylation sites (tertiary alicyclic amines) is 1. The van der Waals surface area contributed by atoms with Crippen LogP contribution in [0.3, 0.4) is 0 Å². The van der Waals surface area contributed by atoms with Gasteiger partial charge in [-0.1, -0.05) is 0 Å². The number of hydrogen-bond acceptors (Lipinski definition) is 4. The molecule has 124 valence electrons. The fourth-order valence-corrected chi connectivity index (χ4v) is 4.00. The first-order valence-corrected chi connectivity index (χ1v) is 8.86. The first-order valence-electron chi connectivity index (χ1n) is 8.86. The SMILES string of the molecule is CN1CCC(Cn2c(CC3CCOCC3)nc3cccnc32)C1. The quantitative estimate of drug-likeness (QED) is 0.869. The number of hydrogen-bond donors (Lipinski definition) is 0. The molecule has 23 heavy (non-hydrogen) atoms. The fourth-order valence-electron chi connectivity index (χ4n) is 4.00. The molecule has 0 saturated carbocycles. The Bertz CT molecular complexity index is 662. The summed E-state index contributed by atoms with van der Waals surface area (Å²) in [4.78, 5) is 12.0. The highest BCUT2D eigenvalue weighted by molar-refractivity contribution is 5.71. The Kier molecular flexibility index (Phi) is 4.31. The molecule has 4 heterocycles. The van der Waals surface area contributed by atoms with E-state index in [1.165, 1.54) is 25.3 Å². The average molecular weight is 314 g/mol. The van der Waals surface area contributed by atoms with Gasteiger partial charge in [0.05, 0.1) is 0 Å². The lowest BCUT2D eigenvalue weighted by Crippen LogP contribution is -2.21. The van der Waals surface area contributed by atoms with Crippen LogP contribution in [0.4, 0.5) is 0 Å². The van der Waals surface area contributed by atoms with Crippen LogP contribution in [0.1, 0.15) is 25.1 Å². The van der Waals surface area contributed by atoms with Gasteiger partial charge in [-0.25, -0.2) is 9.97 Å². The third-order valence-electron chi connectivity index (χ3n) is 5.32. The molecule has 0 N–H and O–H groups in total. The summed E-state index contributed by atoms with van der Waals surface area (Å²) in [6.45, 7) is 5.24. The van der Waals surface area contributed by atoms with Gasteiger partial charge >= 0.3 is 0 Å². The molecule has 5 heteroatoms. The van der Waals surface area contributed by atoms with Crippen molar-refractivity contribution in [1.29, 1.82) is 0 Å². The van der Waals surface area contributed by atoms with Crippen LogP contribution in [-0.4, -0.2) is 52.8 Å². The molecule has 0 aliphatic carbocycles. The zero-order valence-electron chi connectivity index (χ0n) is 13.9. The van der Waals surface area contributed by atoms with E-state index in [0.29, 0.717) is 11.8 Å². The van der Waals surface area contributed by atoms with E-state index in [9.17, 15) is 0 Å². The van der Waals surface area contributed by atoms with Crippen LogP contribution < -0.4 is 0 Å². The maximum Gasteiger partial charge on any atom is 0.159 e. The van der Waals surface area contributed by atoms with E-state index < -0.39 is 0 Å². The van der Waals surface area contributed by atoms with E-state index in [1.807, 2.05) is 12.3 Å². The Morgan fingerprint density at radius 3 is 2.87 bits per heavy atom. The second kappa shape index (κ2) is 6.57. The highest BCUT2D eigenvalue weighted by atomic mass is 16.5. The number of pyridine rings is 1. The van der Waals surface area contributed by atoms with Gasteiger partial charge in [-0.15, -0.1) is 0 Å². The van der Waals surface area contributed by atoms with Crippen molar-refractivity contribution >= 4 is 11.2 Å². The van der Waals surface area contributed by atoms with Crippen molar-refractivity contribution in [3.05, 3.63) is 24.2 Å². The van der Waals surface area contributed by atoms with Gasteiger partial charge in [-0.2, -0.15) is 0 Å². The van der Waals surface area contributed by atoms with Gasteiger partial charge < -0.3 is 14.2 Å². The predicted octanol–water partition coefficient (Wildman–Crippen LogP) is 2.35. The molecular weight excluding hydrogens is 288 g/mol. The summed E-state index contributed by atoms with van der Waals surface area (Å²) >= 11 is 0. The van der Waals surface area contributed by atoms with Crippen molar-refractivity contribution in [2.45, 2.75) is 32.2 Å². The Morgan fingerprint density at radius 1 is 1.22 bits per heavy atom. The van der Waals surface area contributed by atoms with E-state index >= 15 is 0 Å². The van der Waals surface area contributed by atoms with Gasteiger partial charge in [0.25, 0.3) is 0 Å². The topological polar surface area (TPSA) is 43.2 Å². The second-order valence-electron chi connectivity index (χ2n) is 7.16. The molecule has 2 aliphatic heterocycles. The van der Waals surface area contributed by atoms with Gasteiger partial charge in [0.1, 0.15) is 11.3 Å². The van der Waals surface area contributed by atoms with E-state index in [0.717, 1.165) is 50.2 Å². The molecule has 2 aliphatic rings. The molecule has 4 rings (SSSR count). The average Bonchev–Trinajstić information content (AvgIpc) is 3.13. The Hall–Kier alpha value is -1.46. The van der Waals surface area contributed by atoms with Crippen molar-refractivity contribution in [2.75, 3.05) is 33.4 Å². The molecule has 2 saturated heterocycles. The summed E-state index contributed by atoms with van der Waals surface area (Å²) in [7, 11) is 2.22. The number of aromatic nitrogens is 3. The molecule has 1 atom stereocenters. The first-order chi connectivity index (χ1) is 11.3. The monoisotopic (exact) mass is 314 g/mol. The van der Waals surface area contributed by atoms with Gasteiger partial charge in [-0.3, -0.25) is 0 Å². The molecule has 2 fully saturated rings. The number of nitrogens with zero attached hydrogens (tertiary/aromatic N) is 4. The second-order valence-corrected chi connectivity index (χ2v) is 7.16. The summed E-state index contributed by atoms with van der Waals surface area (Å²) in [5.74, 6) is 2.64. The van der Waals surface area contributed by atoms with Gasteiger partial charge in [0.2, 0.25) is 0 Å². The Labute approximate surface area is 137 Å². The van der Waals surface area contributed by atoms with Crippen LogP contribution in [0.15, 0.2) is 18.3 Å². The lowest BCUT2D eigenvalue weighted by Gasteiger charge is -2.22. The number of rotatable bonds is 4. The zero-order valence-corrected chi connectivity index (χ0v) is 13.9. The van der Waals surface area contributed by atoms with Gasteiger partial charge in [0, 0.05) is 38.9 Å². The molecule has 0 bridgehead atoms. The maximum absolute atomic E-state index is 5.50. The Morgan fingerprint density at radius 2 is 2.09 bits per heavy atom. The van der Waals surface area contributed by atoms with Crippen LogP contribution in [0.5, 0.6) is 0 Å². The minimum absolute atomic E-state index is 0.700. The zero-order chi connectivity index (χ0) is 15.6. The van der Waals surface area contributed by atoms with E-state index in [-0.39, 0.29) is 0 Å². The molecule has 0 spiro atoms. The van der Waals surface area contributed by atoms with Crippen molar-refractivity contribution < 1.29 is 4.74 Å². The highest BCUT2D eigenvalue weighted by Crippen LogP contribution is 2.25. The van der Waals surface area contributed by atoms with Gasteiger partial charge in [0.15, 0.2) is 5.65 Å². The van der Waals surface area contributed by atoms with Crippen LogP contribution in [0, 0.1) is 11.8 Å². The van der Waals surface area contributed by atoms with Crippen molar-refractivity contribution in [2.24, 2.45) is 11.8 Å². The van der Waals surface area contributed by atoms with Crippen LogP contribution in [0.25, 0.3) is 11.2 Å². The lowest BCUT2D eigenvalue weighted by molar-refractivity contribution is 0.0657. The summed E-state index contributed by atoms with van der Waals surface area (Å²) in [6.07, 6.45) is 6.53. The largest absolute Gasteiger partial charge is 0.381 e. The number of imidazole rings is 1. The number of ether oxygens (including phenoxy) is 1. The number of fused-ring (bicyclic) bond motifs is 1. The molecule has 0 aromatic carbocycles. The summed E-state index contributed by atoms with van der Waals surface area (Å²) in [5.41, 5.74) is 2.10. The van der Waals surface area contributed by atoms with Crippen LogP contribution in [0.2, 0.25) is 0 Å². The molecule has 5 nitrogen and oxygen atoms in total. The fraction of sp³-hybridized carbons (Fsp3) is 0.667. The normalized spacial score (nSPS) is 23.8.